The number of nitrogens with zero attached hydrogens (tertiary/aromatic N) is 3. The number of non-ortho nitro benzene ring substituents is 1. The second-order valence-electron chi connectivity index (χ2n) is 6.68. The first kappa shape index (κ1) is 16.4. The van der Waals surface area contributed by atoms with Crippen molar-refractivity contribution in [3.8, 4) is 0 Å². The quantitative estimate of drug-likeness (QED) is 0.674. The molecule has 2 heterocycles. The van der Waals surface area contributed by atoms with E-state index in [-0.39, 0.29) is 11.6 Å². The number of hydrogen-bond acceptors (Lipinski definition) is 4. The first-order valence-corrected chi connectivity index (χ1v) is 8.16. The van der Waals surface area contributed by atoms with E-state index in [2.05, 4.69) is 24.0 Å². The fraction of sp³-hybridized carbons (Fsp3) is 0.471. The molecule has 1 aliphatic heterocycles. The summed E-state index contributed by atoms with van der Waals surface area (Å²) in [5.74, 6) is 0.447. The van der Waals surface area contributed by atoms with Crippen LogP contribution in [-0.2, 0) is 0 Å². The van der Waals surface area contributed by atoms with Gasteiger partial charge in [0.1, 0.15) is 11.2 Å². The molecule has 128 valence electrons. The predicted molar refractivity (Wildman–Crippen MR) is 92.1 cm³/mol. The van der Waals surface area contributed by atoms with E-state index in [0.29, 0.717) is 22.5 Å². The molecule has 1 fully saturated rings. The van der Waals surface area contributed by atoms with Crippen LogP contribution in [0.2, 0.25) is 0 Å². The van der Waals surface area contributed by atoms with Gasteiger partial charge in [0.25, 0.3) is 11.6 Å². The fourth-order valence-corrected chi connectivity index (χ4v) is 3.27. The van der Waals surface area contributed by atoms with Gasteiger partial charge in [-0.3, -0.25) is 14.9 Å². The zero-order valence-electron chi connectivity index (χ0n) is 14.0. The lowest BCUT2D eigenvalue weighted by atomic mass is 10.1. The van der Waals surface area contributed by atoms with Gasteiger partial charge in [-0.05, 0) is 45.5 Å². The van der Waals surface area contributed by atoms with Gasteiger partial charge in [0.15, 0.2) is 0 Å². The van der Waals surface area contributed by atoms with Crippen LogP contribution in [0.25, 0.3) is 10.9 Å². The largest absolute Gasteiger partial charge is 0.345 e. The Morgan fingerprint density at radius 3 is 2.96 bits per heavy atom. The molecule has 1 amide bonds. The minimum Gasteiger partial charge on any atom is -0.345 e. The fourth-order valence-electron chi connectivity index (χ4n) is 3.27. The van der Waals surface area contributed by atoms with Gasteiger partial charge in [0.2, 0.25) is 0 Å². The summed E-state index contributed by atoms with van der Waals surface area (Å²) in [5.41, 5.74) is 0.832. The summed E-state index contributed by atoms with van der Waals surface area (Å²) in [4.78, 5) is 30.3. The molecule has 7 heteroatoms. The van der Waals surface area contributed by atoms with Crippen molar-refractivity contribution in [1.82, 2.24) is 14.8 Å². The minimum atomic E-state index is -0.430. The van der Waals surface area contributed by atoms with Gasteiger partial charge < -0.3 is 14.8 Å². The number of fused-ring (bicyclic) bond motifs is 1. The Hall–Kier alpha value is -2.41. The molecule has 3 rings (SSSR count). The summed E-state index contributed by atoms with van der Waals surface area (Å²) in [7, 11) is 4.10. The lowest BCUT2D eigenvalue weighted by Gasteiger charge is -2.17. The zero-order valence-corrected chi connectivity index (χ0v) is 14.0. The van der Waals surface area contributed by atoms with Crippen LogP contribution in [0, 0.1) is 16.0 Å². The number of nitro benzene ring substituents is 1. The van der Waals surface area contributed by atoms with Gasteiger partial charge in [-0.25, -0.2) is 0 Å². The third kappa shape index (κ3) is 3.26. The van der Waals surface area contributed by atoms with Crippen LogP contribution in [0.4, 0.5) is 5.69 Å². The number of nitrogens with one attached hydrogen (secondary N) is 1. The number of H-pyrrole nitrogens is 1. The van der Waals surface area contributed by atoms with Crippen molar-refractivity contribution < 1.29 is 9.72 Å². The molecule has 2 aromatic rings. The summed E-state index contributed by atoms with van der Waals surface area (Å²) >= 11 is 0. The zero-order chi connectivity index (χ0) is 17.3. The first-order valence-electron chi connectivity index (χ1n) is 8.16. The molecule has 1 atom stereocenters. The molecule has 0 radical (unpaired) electrons. The number of aromatic nitrogens is 1. The number of amides is 1. The van der Waals surface area contributed by atoms with Gasteiger partial charge >= 0.3 is 0 Å². The molecule has 0 bridgehead atoms. The summed E-state index contributed by atoms with van der Waals surface area (Å²) in [6, 6.07) is 6.56. The Morgan fingerprint density at radius 2 is 2.25 bits per heavy atom. The molecule has 0 spiro atoms. The molecule has 1 N–H and O–H groups in total. The summed E-state index contributed by atoms with van der Waals surface area (Å²) < 4.78 is 0. The number of para-hydroxylation sites is 1. The van der Waals surface area contributed by atoms with Crippen molar-refractivity contribution in [3.63, 3.8) is 0 Å². The third-order valence-electron chi connectivity index (χ3n) is 4.62. The van der Waals surface area contributed by atoms with Crippen molar-refractivity contribution >= 4 is 22.5 Å². The normalized spacial score (nSPS) is 17.8. The molecular formula is C17H22N4O3. The van der Waals surface area contributed by atoms with Crippen molar-refractivity contribution in [3.05, 3.63) is 40.1 Å². The number of aromatic amines is 1. The molecule has 0 aliphatic carbocycles. The Bertz CT molecular complexity index is 768. The second-order valence-corrected chi connectivity index (χ2v) is 6.68. The van der Waals surface area contributed by atoms with Gasteiger partial charge in [0, 0.05) is 24.5 Å². The monoisotopic (exact) mass is 330 g/mol. The predicted octanol–water partition coefficient (Wildman–Crippen LogP) is 2.49. The lowest BCUT2D eigenvalue weighted by molar-refractivity contribution is -0.383. The highest BCUT2D eigenvalue weighted by atomic mass is 16.6. The van der Waals surface area contributed by atoms with E-state index in [9.17, 15) is 14.9 Å². The summed E-state index contributed by atoms with van der Waals surface area (Å²) in [6.07, 6.45) is 2.09. The maximum absolute atomic E-state index is 12.7. The third-order valence-corrected chi connectivity index (χ3v) is 4.62. The van der Waals surface area contributed by atoms with Crippen molar-refractivity contribution in [1.29, 1.82) is 0 Å². The van der Waals surface area contributed by atoms with Crippen LogP contribution in [0.1, 0.15) is 23.3 Å². The van der Waals surface area contributed by atoms with E-state index in [1.807, 2.05) is 4.90 Å². The summed E-state index contributed by atoms with van der Waals surface area (Å²) in [6.45, 7) is 2.52. The van der Waals surface area contributed by atoms with E-state index in [4.69, 9.17) is 0 Å². The molecule has 1 aromatic heterocycles. The average Bonchev–Trinajstić information content (AvgIpc) is 3.18. The van der Waals surface area contributed by atoms with Crippen molar-refractivity contribution in [2.24, 2.45) is 5.92 Å². The molecule has 24 heavy (non-hydrogen) atoms. The van der Waals surface area contributed by atoms with Crippen LogP contribution in [0.15, 0.2) is 24.3 Å². The molecule has 1 unspecified atom stereocenters. The van der Waals surface area contributed by atoms with Gasteiger partial charge in [-0.15, -0.1) is 0 Å². The Labute approximate surface area is 140 Å². The van der Waals surface area contributed by atoms with E-state index >= 15 is 0 Å². The van der Waals surface area contributed by atoms with Gasteiger partial charge in [-0.1, -0.05) is 12.1 Å². The number of nitro groups is 1. The number of likely N-dealkylation sites (tertiary alicyclic amines) is 1. The van der Waals surface area contributed by atoms with E-state index < -0.39 is 4.92 Å². The first-order chi connectivity index (χ1) is 11.5. The molecule has 7 nitrogen and oxygen atoms in total. The molecule has 0 saturated carbocycles. The smallest absolute Gasteiger partial charge is 0.293 e. The SMILES string of the molecule is CN(C)CCC1CCN(C(=O)c2cc3cccc([N+](=O)[O-])c3[nH]2)C1. The van der Waals surface area contributed by atoms with Crippen LogP contribution in [0.3, 0.4) is 0 Å². The number of benzene rings is 1. The lowest BCUT2D eigenvalue weighted by Crippen LogP contribution is -2.29. The minimum absolute atomic E-state index is 0.00293. The van der Waals surface area contributed by atoms with Crippen molar-refractivity contribution in [2.75, 3.05) is 33.7 Å². The van der Waals surface area contributed by atoms with Crippen LogP contribution >= 0.6 is 0 Å². The second kappa shape index (κ2) is 6.60. The maximum Gasteiger partial charge on any atom is 0.293 e. The number of hydrogen-bond donors (Lipinski definition) is 1. The summed E-state index contributed by atoms with van der Waals surface area (Å²) in [5, 5.41) is 11.8. The number of carbonyl (C=O) groups excluding carboxylic acids is 1. The van der Waals surface area contributed by atoms with Crippen LogP contribution in [-0.4, -0.2) is 59.3 Å². The average molecular weight is 330 g/mol. The van der Waals surface area contributed by atoms with E-state index in [1.54, 1.807) is 18.2 Å². The Kier molecular flexibility index (Phi) is 4.53. The van der Waals surface area contributed by atoms with Gasteiger partial charge in [0.05, 0.1) is 4.92 Å². The molecule has 1 saturated heterocycles. The topological polar surface area (TPSA) is 82.5 Å². The van der Waals surface area contributed by atoms with E-state index in [1.165, 1.54) is 6.07 Å². The number of carbonyl (C=O) groups is 1. The molecule has 1 aromatic carbocycles. The van der Waals surface area contributed by atoms with Crippen LogP contribution in [0.5, 0.6) is 0 Å². The highest BCUT2D eigenvalue weighted by Gasteiger charge is 2.28. The highest BCUT2D eigenvalue weighted by molar-refractivity contribution is 6.00. The van der Waals surface area contributed by atoms with E-state index in [0.717, 1.165) is 32.5 Å². The number of rotatable bonds is 5. The highest BCUT2D eigenvalue weighted by Crippen LogP contribution is 2.27. The maximum atomic E-state index is 12.7. The Balaban J connectivity index is 1.75. The standard InChI is InChI=1S/C17H22N4O3/c1-19(2)8-6-12-7-9-20(11-12)17(22)14-10-13-4-3-5-15(21(23)24)16(13)18-14/h3-5,10,12,18H,6-9,11H2,1-2H3. The molecule has 1 aliphatic rings. The molecular weight excluding hydrogens is 308 g/mol. The Morgan fingerprint density at radius 1 is 1.46 bits per heavy atom. The van der Waals surface area contributed by atoms with Crippen LogP contribution < -0.4 is 0 Å². The van der Waals surface area contributed by atoms with Crippen molar-refractivity contribution in [2.45, 2.75) is 12.8 Å². The van der Waals surface area contributed by atoms with Gasteiger partial charge in [-0.2, -0.15) is 0 Å².